The van der Waals surface area contributed by atoms with Crippen LogP contribution in [-0.4, -0.2) is 26.6 Å². The van der Waals surface area contributed by atoms with Gasteiger partial charge in [0.1, 0.15) is 11.3 Å². The second kappa shape index (κ2) is 7.70. The summed E-state index contributed by atoms with van der Waals surface area (Å²) in [6.07, 6.45) is -1.30. The molecule has 164 valence electrons. The van der Waals surface area contributed by atoms with Crippen LogP contribution in [0.25, 0.3) is 38.9 Å². The van der Waals surface area contributed by atoms with Crippen molar-refractivity contribution >= 4 is 27.8 Å². The van der Waals surface area contributed by atoms with Gasteiger partial charge in [-0.25, -0.2) is 9.97 Å². The number of rotatable bonds is 3. The van der Waals surface area contributed by atoms with Crippen molar-refractivity contribution < 1.29 is 13.2 Å². The lowest BCUT2D eigenvalue weighted by Crippen LogP contribution is -2.18. The Hall–Kier alpha value is -4.27. The third-order valence-electron chi connectivity index (χ3n) is 5.31. The maximum Gasteiger partial charge on any atom is 0.416 e. The van der Waals surface area contributed by atoms with Crippen molar-refractivity contribution in [1.29, 1.82) is 0 Å². The molecule has 0 fully saturated rings. The Morgan fingerprint density at radius 1 is 0.939 bits per heavy atom. The second-order valence-electron chi connectivity index (χ2n) is 7.36. The van der Waals surface area contributed by atoms with Crippen molar-refractivity contribution in [1.82, 2.24) is 19.5 Å². The van der Waals surface area contributed by atoms with Crippen LogP contribution in [0, 0.1) is 0 Å². The molecule has 5 rings (SSSR count). The molecule has 0 aliphatic carbocycles. The van der Waals surface area contributed by atoms with Crippen LogP contribution in [0.3, 0.4) is 0 Å². The summed E-state index contributed by atoms with van der Waals surface area (Å²) < 4.78 is 41.2. The van der Waals surface area contributed by atoms with Crippen molar-refractivity contribution in [3.8, 4) is 16.9 Å². The molecule has 5 aromatic rings. The largest absolute Gasteiger partial charge is 0.416 e. The molecule has 0 aliphatic rings. The summed E-state index contributed by atoms with van der Waals surface area (Å²) in [6.45, 7) is 0. The molecule has 0 spiro atoms. The molecule has 0 atom stereocenters. The van der Waals surface area contributed by atoms with Gasteiger partial charge < -0.3 is 5.32 Å². The monoisotopic (exact) mass is 447 g/mol. The Morgan fingerprint density at radius 3 is 2.52 bits per heavy atom. The highest BCUT2D eigenvalue weighted by Gasteiger charge is 2.30. The van der Waals surface area contributed by atoms with E-state index in [1.54, 1.807) is 43.7 Å². The highest BCUT2D eigenvalue weighted by atomic mass is 19.4. The van der Waals surface area contributed by atoms with Gasteiger partial charge in [-0.2, -0.15) is 13.2 Å². The van der Waals surface area contributed by atoms with Gasteiger partial charge in [0.2, 0.25) is 0 Å². The molecular formula is C24H16F3N5O. The number of fused-ring (bicyclic) bond motifs is 3. The van der Waals surface area contributed by atoms with E-state index in [1.165, 1.54) is 22.8 Å². The topological polar surface area (TPSA) is 72.7 Å². The quantitative estimate of drug-likeness (QED) is 0.392. The van der Waals surface area contributed by atoms with Crippen molar-refractivity contribution in [2.24, 2.45) is 0 Å². The van der Waals surface area contributed by atoms with Gasteiger partial charge in [-0.1, -0.05) is 6.07 Å². The third-order valence-corrected chi connectivity index (χ3v) is 5.31. The van der Waals surface area contributed by atoms with Crippen LogP contribution in [-0.2, 0) is 6.18 Å². The number of alkyl halides is 3. The number of anilines is 1. The minimum absolute atomic E-state index is 0.0974. The van der Waals surface area contributed by atoms with E-state index in [-0.39, 0.29) is 5.69 Å². The average molecular weight is 447 g/mol. The smallest absolute Gasteiger partial charge is 0.373 e. The summed E-state index contributed by atoms with van der Waals surface area (Å²) in [5.41, 5.74) is 1.42. The summed E-state index contributed by atoms with van der Waals surface area (Å²) in [6, 6.07) is 14.8. The Balaban J connectivity index is 1.80. The number of aromatic nitrogens is 4. The lowest BCUT2D eigenvalue weighted by Gasteiger charge is -2.14. The molecule has 4 heterocycles. The maximum atomic E-state index is 13.3. The van der Waals surface area contributed by atoms with E-state index in [2.05, 4.69) is 15.3 Å². The Labute approximate surface area is 185 Å². The molecule has 1 aromatic carbocycles. The molecule has 6 nitrogen and oxygen atoms in total. The van der Waals surface area contributed by atoms with Crippen LogP contribution in [0.5, 0.6) is 0 Å². The predicted molar refractivity (Wildman–Crippen MR) is 120 cm³/mol. The Kier molecular flexibility index (Phi) is 4.81. The zero-order chi connectivity index (χ0) is 23.2. The molecule has 4 aromatic heterocycles. The first-order valence-electron chi connectivity index (χ1n) is 9.98. The van der Waals surface area contributed by atoms with E-state index in [1.807, 2.05) is 6.07 Å². The van der Waals surface area contributed by atoms with Gasteiger partial charge in [-0.3, -0.25) is 14.3 Å². The van der Waals surface area contributed by atoms with Gasteiger partial charge in [0.15, 0.2) is 0 Å². The number of nitrogens with zero attached hydrogens (tertiary/aromatic N) is 4. The van der Waals surface area contributed by atoms with Gasteiger partial charge in [0, 0.05) is 42.1 Å². The number of hydrogen-bond acceptors (Lipinski definition) is 5. The van der Waals surface area contributed by atoms with Gasteiger partial charge >= 0.3 is 6.18 Å². The SMILES string of the molecule is CNc1ccc(-c2ccc3ncc4ccc(=O)n(-c5cccc(C(F)(F)F)c5)c4c3n2)cn1. The molecule has 9 heteroatoms. The highest BCUT2D eigenvalue weighted by Crippen LogP contribution is 2.32. The molecule has 0 saturated carbocycles. The number of hydrogen-bond donors (Lipinski definition) is 1. The fourth-order valence-corrected chi connectivity index (χ4v) is 3.70. The van der Waals surface area contributed by atoms with E-state index in [0.29, 0.717) is 33.4 Å². The normalized spacial score (nSPS) is 11.8. The second-order valence-corrected chi connectivity index (χ2v) is 7.36. The maximum absolute atomic E-state index is 13.3. The van der Waals surface area contributed by atoms with Gasteiger partial charge in [0.05, 0.1) is 22.3 Å². The van der Waals surface area contributed by atoms with Crippen LogP contribution in [0.1, 0.15) is 5.56 Å². The zero-order valence-electron chi connectivity index (χ0n) is 17.3. The average Bonchev–Trinajstić information content (AvgIpc) is 2.83. The van der Waals surface area contributed by atoms with Crippen molar-refractivity contribution in [3.05, 3.63) is 89.0 Å². The molecule has 0 amide bonds. The third kappa shape index (κ3) is 3.67. The van der Waals surface area contributed by atoms with E-state index < -0.39 is 17.3 Å². The first-order valence-corrected chi connectivity index (χ1v) is 9.98. The molecule has 0 saturated heterocycles. The summed E-state index contributed by atoms with van der Waals surface area (Å²) in [5.74, 6) is 0.699. The minimum Gasteiger partial charge on any atom is -0.373 e. The van der Waals surface area contributed by atoms with Crippen molar-refractivity contribution in [3.63, 3.8) is 0 Å². The highest BCUT2D eigenvalue weighted by molar-refractivity contribution is 6.02. The molecule has 0 bridgehead atoms. The van der Waals surface area contributed by atoms with E-state index >= 15 is 0 Å². The molecule has 1 N–H and O–H groups in total. The van der Waals surface area contributed by atoms with E-state index in [4.69, 9.17) is 4.98 Å². The van der Waals surface area contributed by atoms with Gasteiger partial charge in [-0.05, 0) is 48.5 Å². The van der Waals surface area contributed by atoms with Crippen LogP contribution >= 0.6 is 0 Å². The minimum atomic E-state index is -4.54. The number of halogens is 3. The number of pyridine rings is 4. The zero-order valence-corrected chi connectivity index (χ0v) is 17.3. The standard InChI is InChI=1S/C24H16F3N5O/c1-28-20-9-5-14(12-30-20)18-7-8-19-22(31-18)23-15(13-29-19)6-10-21(33)32(23)17-4-2-3-16(11-17)24(25,26)27/h2-13H,1H3,(H,28,30). The van der Waals surface area contributed by atoms with Crippen molar-refractivity contribution in [2.45, 2.75) is 6.18 Å². The number of nitrogens with one attached hydrogen (secondary N) is 1. The molecule has 0 unspecified atom stereocenters. The van der Waals surface area contributed by atoms with E-state index in [9.17, 15) is 18.0 Å². The Morgan fingerprint density at radius 2 is 1.79 bits per heavy atom. The molecule has 0 radical (unpaired) electrons. The first-order chi connectivity index (χ1) is 15.8. The van der Waals surface area contributed by atoms with Crippen LogP contribution in [0.2, 0.25) is 0 Å². The summed E-state index contributed by atoms with van der Waals surface area (Å²) in [5, 5.41) is 3.52. The van der Waals surface area contributed by atoms with Crippen LogP contribution in [0.4, 0.5) is 19.0 Å². The molecule has 33 heavy (non-hydrogen) atoms. The number of benzene rings is 1. The summed E-state index contributed by atoms with van der Waals surface area (Å²) in [7, 11) is 1.77. The Bertz CT molecular complexity index is 1560. The molecular weight excluding hydrogens is 431 g/mol. The van der Waals surface area contributed by atoms with Crippen LogP contribution in [0.15, 0.2) is 77.9 Å². The summed E-state index contributed by atoms with van der Waals surface area (Å²) in [4.78, 5) is 26.3. The predicted octanol–water partition coefficient (Wildman–Crippen LogP) is 5.06. The first kappa shape index (κ1) is 20.6. The fraction of sp³-hybridized carbons (Fsp3) is 0.0833. The lowest BCUT2D eigenvalue weighted by molar-refractivity contribution is -0.137. The fourth-order valence-electron chi connectivity index (χ4n) is 3.70. The molecule has 0 aliphatic heterocycles. The lowest BCUT2D eigenvalue weighted by atomic mass is 10.1. The van der Waals surface area contributed by atoms with Gasteiger partial charge in [0.25, 0.3) is 5.56 Å². The van der Waals surface area contributed by atoms with E-state index in [0.717, 1.165) is 17.7 Å². The van der Waals surface area contributed by atoms with Crippen molar-refractivity contribution in [2.75, 3.05) is 12.4 Å². The van der Waals surface area contributed by atoms with Crippen LogP contribution < -0.4 is 10.9 Å². The van der Waals surface area contributed by atoms with Gasteiger partial charge in [-0.15, -0.1) is 0 Å². The summed E-state index contributed by atoms with van der Waals surface area (Å²) >= 11 is 0.